The molecule has 1 heteroatoms. The van der Waals surface area contributed by atoms with E-state index in [9.17, 15) is 0 Å². The van der Waals surface area contributed by atoms with E-state index in [0.29, 0.717) is 0 Å². The first-order valence-corrected chi connectivity index (χ1v) is 7.80. The molecule has 1 nitrogen and oxygen atoms in total. The predicted molar refractivity (Wildman–Crippen MR) is 77.3 cm³/mol. The third-order valence-electron chi connectivity index (χ3n) is 4.31. The zero-order chi connectivity index (χ0) is 12.8. The summed E-state index contributed by atoms with van der Waals surface area (Å²) in [5.74, 6) is 1.79. The lowest BCUT2D eigenvalue weighted by atomic mass is 9.85. The van der Waals surface area contributed by atoms with Crippen molar-refractivity contribution in [1.82, 2.24) is 4.90 Å². The van der Waals surface area contributed by atoms with Gasteiger partial charge in [-0.15, -0.1) is 0 Å². The lowest BCUT2D eigenvalue weighted by molar-refractivity contribution is 0.0898. The van der Waals surface area contributed by atoms with Crippen molar-refractivity contribution in [1.29, 1.82) is 0 Å². The Morgan fingerprint density at radius 3 is 2.12 bits per heavy atom. The maximum atomic E-state index is 2.81. The second-order valence-corrected chi connectivity index (χ2v) is 6.63. The lowest BCUT2D eigenvalue weighted by Gasteiger charge is -2.40. The molecular formula is C16H33N. The van der Waals surface area contributed by atoms with Crippen LogP contribution in [-0.2, 0) is 0 Å². The van der Waals surface area contributed by atoms with Crippen molar-refractivity contribution in [3.05, 3.63) is 0 Å². The summed E-state index contributed by atoms with van der Waals surface area (Å²) in [5, 5.41) is 0. The molecule has 1 aliphatic rings. The van der Waals surface area contributed by atoms with E-state index in [4.69, 9.17) is 0 Å². The van der Waals surface area contributed by atoms with Gasteiger partial charge in [0.15, 0.2) is 0 Å². The van der Waals surface area contributed by atoms with Crippen LogP contribution in [0.5, 0.6) is 0 Å². The second kappa shape index (κ2) is 7.41. The maximum Gasteiger partial charge on any atom is 0.00982 e. The highest BCUT2D eigenvalue weighted by Gasteiger charge is 2.26. The van der Waals surface area contributed by atoms with Gasteiger partial charge in [-0.25, -0.2) is 0 Å². The number of nitrogens with zero attached hydrogens (tertiary/aromatic N) is 1. The Balaban J connectivity index is 2.51. The minimum Gasteiger partial charge on any atom is -0.298 e. The van der Waals surface area contributed by atoms with Crippen molar-refractivity contribution in [2.45, 2.75) is 85.2 Å². The standard InChI is InChI=1S/C16H33N/c1-6-11-17(15(5)12-13(2)3)16-9-7-14(4)8-10-16/h13-16H,6-12H2,1-5H3. The Hall–Kier alpha value is -0.0400. The molecule has 1 aliphatic carbocycles. The van der Waals surface area contributed by atoms with Crippen LogP contribution in [0.15, 0.2) is 0 Å². The quantitative estimate of drug-likeness (QED) is 0.649. The van der Waals surface area contributed by atoms with Crippen molar-refractivity contribution in [3.8, 4) is 0 Å². The van der Waals surface area contributed by atoms with Crippen LogP contribution in [0.2, 0.25) is 0 Å². The minimum absolute atomic E-state index is 0.772. The molecule has 0 radical (unpaired) electrons. The van der Waals surface area contributed by atoms with E-state index in [2.05, 4.69) is 39.5 Å². The molecule has 1 atom stereocenters. The van der Waals surface area contributed by atoms with Crippen LogP contribution in [-0.4, -0.2) is 23.5 Å². The fraction of sp³-hybridized carbons (Fsp3) is 1.00. The molecule has 0 aliphatic heterocycles. The normalized spacial score (nSPS) is 27.7. The van der Waals surface area contributed by atoms with Crippen LogP contribution >= 0.6 is 0 Å². The molecule has 0 amide bonds. The van der Waals surface area contributed by atoms with E-state index in [1.54, 1.807) is 0 Å². The van der Waals surface area contributed by atoms with Crippen molar-refractivity contribution in [2.75, 3.05) is 6.54 Å². The summed E-state index contributed by atoms with van der Waals surface area (Å²) < 4.78 is 0. The van der Waals surface area contributed by atoms with Gasteiger partial charge in [0.05, 0.1) is 0 Å². The van der Waals surface area contributed by atoms with E-state index in [1.807, 2.05) is 0 Å². The molecule has 0 aromatic carbocycles. The Labute approximate surface area is 109 Å². The van der Waals surface area contributed by atoms with Crippen molar-refractivity contribution in [2.24, 2.45) is 11.8 Å². The van der Waals surface area contributed by atoms with Gasteiger partial charge in [-0.1, -0.05) is 27.7 Å². The molecule has 0 saturated heterocycles. The average Bonchev–Trinajstić information content (AvgIpc) is 2.26. The van der Waals surface area contributed by atoms with Crippen LogP contribution < -0.4 is 0 Å². The van der Waals surface area contributed by atoms with Crippen molar-refractivity contribution >= 4 is 0 Å². The fourth-order valence-corrected chi connectivity index (χ4v) is 3.41. The summed E-state index contributed by atoms with van der Waals surface area (Å²) in [7, 11) is 0. The number of rotatable bonds is 6. The lowest BCUT2D eigenvalue weighted by Crippen LogP contribution is -2.44. The first-order valence-electron chi connectivity index (χ1n) is 7.80. The summed E-state index contributed by atoms with van der Waals surface area (Å²) in [4.78, 5) is 2.81. The largest absolute Gasteiger partial charge is 0.298 e. The van der Waals surface area contributed by atoms with Crippen LogP contribution in [0, 0.1) is 11.8 Å². The van der Waals surface area contributed by atoms with Gasteiger partial charge in [-0.3, -0.25) is 4.90 Å². The zero-order valence-electron chi connectivity index (χ0n) is 12.7. The van der Waals surface area contributed by atoms with Gasteiger partial charge in [0.2, 0.25) is 0 Å². The number of hydrogen-bond donors (Lipinski definition) is 0. The Bertz CT molecular complexity index is 192. The molecule has 0 bridgehead atoms. The molecule has 0 heterocycles. The molecule has 17 heavy (non-hydrogen) atoms. The van der Waals surface area contributed by atoms with Crippen LogP contribution in [0.1, 0.15) is 73.1 Å². The van der Waals surface area contributed by atoms with Gasteiger partial charge in [0, 0.05) is 12.1 Å². The van der Waals surface area contributed by atoms with Crippen LogP contribution in [0.3, 0.4) is 0 Å². The zero-order valence-corrected chi connectivity index (χ0v) is 12.7. The third-order valence-corrected chi connectivity index (χ3v) is 4.31. The summed E-state index contributed by atoms with van der Waals surface area (Å²) in [5.41, 5.74) is 0. The average molecular weight is 239 g/mol. The van der Waals surface area contributed by atoms with Gasteiger partial charge in [0.25, 0.3) is 0 Å². The SMILES string of the molecule is CCCN(C(C)CC(C)C)C1CCC(C)CC1. The first kappa shape index (κ1) is 15.0. The van der Waals surface area contributed by atoms with E-state index in [-0.39, 0.29) is 0 Å². The summed E-state index contributed by atoms with van der Waals surface area (Å²) in [6, 6.07) is 1.65. The summed E-state index contributed by atoms with van der Waals surface area (Å²) >= 11 is 0. The van der Waals surface area contributed by atoms with Crippen LogP contribution in [0.4, 0.5) is 0 Å². The van der Waals surface area contributed by atoms with Crippen LogP contribution in [0.25, 0.3) is 0 Å². The van der Waals surface area contributed by atoms with E-state index < -0.39 is 0 Å². The smallest absolute Gasteiger partial charge is 0.00982 e. The van der Waals surface area contributed by atoms with Crippen molar-refractivity contribution < 1.29 is 0 Å². The molecule has 1 fully saturated rings. The van der Waals surface area contributed by atoms with E-state index >= 15 is 0 Å². The fourth-order valence-electron chi connectivity index (χ4n) is 3.41. The molecule has 1 rings (SSSR count). The molecule has 1 unspecified atom stereocenters. The Morgan fingerprint density at radius 1 is 1.06 bits per heavy atom. The molecule has 0 spiro atoms. The monoisotopic (exact) mass is 239 g/mol. The highest BCUT2D eigenvalue weighted by molar-refractivity contribution is 4.81. The number of hydrogen-bond acceptors (Lipinski definition) is 1. The van der Waals surface area contributed by atoms with Gasteiger partial charge in [-0.2, -0.15) is 0 Å². The maximum absolute atomic E-state index is 2.81. The van der Waals surface area contributed by atoms with E-state index in [0.717, 1.165) is 23.9 Å². The molecule has 0 aromatic rings. The summed E-state index contributed by atoms with van der Waals surface area (Å²) in [6.07, 6.45) is 8.41. The highest BCUT2D eigenvalue weighted by atomic mass is 15.2. The molecule has 0 aromatic heterocycles. The predicted octanol–water partition coefficient (Wildman–Crippen LogP) is 4.71. The molecule has 102 valence electrons. The summed E-state index contributed by atoms with van der Waals surface area (Å²) in [6.45, 7) is 13.2. The first-order chi connectivity index (χ1) is 8.04. The molecule has 1 saturated carbocycles. The minimum atomic E-state index is 0.772. The van der Waals surface area contributed by atoms with Gasteiger partial charge < -0.3 is 0 Å². The highest BCUT2D eigenvalue weighted by Crippen LogP contribution is 2.29. The van der Waals surface area contributed by atoms with E-state index in [1.165, 1.54) is 45.1 Å². The Morgan fingerprint density at radius 2 is 1.65 bits per heavy atom. The van der Waals surface area contributed by atoms with Gasteiger partial charge in [0.1, 0.15) is 0 Å². The topological polar surface area (TPSA) is 3.24 Å². The molecule has 0 N–H and O–H groups in total. The molecular weight excluding hydrogens is 206 g/mol. The Kier molecular flexibility index (Phi) is 6.54. The van der Waals surface area contributed by atoms with Crippen molar-refractivity contribution in [3.63, 3.8) is 0 Å². The third kappa shape index (κ3) is 4.99. The second-order valence-electron chi connectivity index (χ2n) is 6.63. The van der Waals surface area contributed by atoms with Gasteiger partial charge in [-0.05, 0) is 63.8 Å². The van der Waals surface area contributed by atoms with Gasteiger partial charge >= 0.3 is 0 Å².